The SMILES string of the molecule is Cc1ccc(S(=O)(=O)N(C)CCC(N)C(C)C)c(Cl)c1. The molecule has 2 N–H and O–H groups in total. The van der Waals surface area contributed by atoms with Gasteiger partial charge in [-0.15, -0.1) is 0 Å². The fraction of sp³-hybridized carbons (Fsp3) is 0.571. The molecule has 1 atom stereocenters. The van der Waals surface area contributed by atoms with Crippen molar-refractivity contribution in [2.45, 2.75) is 38.1 Å². The van der Waals surface area contributed by atoms with Crippen molar-refractivity contribution in [2.75, 3.05) is 13.6 Å². The second-order valence-electron chi connectivity index (χ2n) is 5.46. The van der Waals surface area contributed by atoms with Gasteiger partial charge in [0.15, 0.2) is 0 Å². The first-order valence-electron chi connectivity index (χ1n) is 6.64. The summed E-state index contributed by atoms with van der Waals surface area (Å²) in [6.45, 7) is 6.30. The number of hydrogen-bond donors (Lipinski definition) is 1. The van der Waals surface area contributed by atoms with Crippen molar-refractivity contribution >= 4 is 21.6 Å². The molecule has 1 aromatic carbocycles. The molecule has 6 heteroatoms. The summed E-state index contributed by atoms with van der Waals surface area (Å²) >= 11 is 6.04. The molecule has 1 aromatic rings. The summed E-state index contributed by atoms with van der Waals surface area (Å²) in [5.74, 6) is 0.328. The topological polar surface area (TPSA) is 63.4 Å². The lowest BCUT2D eigenvalue weighted by molar-refractivity contribution is 0.397. The molecule has 114 valence electrons. The first kappa shape index (κ1) is 17.4. The zero-order chi connectivity index (χ0) is 15.5. The maximum absolute atomic E-state index is 12.4. The average Bonchev–Trinajstić information content (AvgIpc) is 2.34. The Hall–Kier alpha value is -0.620. The molecule has 0 aliphatic rings. The number of benzene rings is 1. The van der Waals surface area contributed by atoms with Crippen molar-refractivity contribution in [3.05, 3.63) is 28.8 Å². The molecule has 1 unspecified atom stereocenters. The van der Waals surface area contributed by atoms with Crippen LogP contribution in [0.25, 0.3) is 0 Å². The van der Waals surface area contributed by atoms with E-state index in [9.17, 15) is 8.42 Å². The summed E-state index contributed by atoms with van der Waals surface area (Å²) < 4.78 is 26.2. The number of nitrogens with zero attached hydrogens (tertiary/aromatic N) is 1. The summed E-state index contributed by atoms with van der Waals surface area (Å²) in [7, 11) is -2.01. The lowest BCUT2D eigenvalue weighted by atomic mass is 10.0. The Bertz CT molecular complexity index is 558. The van der Waals surface area contributed by atoms with Crippen molar-refractivity contribution in [2.24, 2.45) is 11.7 Å². The van der Waals surface area contributed by atoms with Gasteiger partial charge in [-0.1, -0.05) is 31.5 Å². The van der Waals surface area contributed by atoms with Crippen LogP contribution in [0.5, 0.6) is 0 Å². The van der Waals surface area contributed by atoms with E-state index in [-0.39, 0.29) is 16.0 Å². The first-order valence-corrected chi connectivity index (χ1v) is 8.46. The normalized spacial score (nSPS) is 14.0. The van der Waals surface area contributed by atoms with Crippen molar-refractivity contribution in [1.29, 1.82) is 0 Å². The predicted molar refractivity (Wildman–Crippen MR) is 83.4 cm³/mol. The molecule has 4 nitrogen and oxygen atoms in total. The summed E-state index contributed by atoms with van der Waals surface area (Å²) in [4.78, 5) is 0.144. The second kappa shape index (κ2) is 6.89. The molecular formula is C14H23ClN2O2S. The van der Waals surface area contributed by atoms with Gasteiger partial charge >= 0.3 is 0 Å². The summed E-state index contributed by atoms with van der Waals surface area (Å²) in [6, 6.07) is 4.93. The van der Waals surface area contributed by atoms with E-state index in [1.54, 1.807) is 25.2 Å². The molecule has 0 fully saturated rings. The average molecular weight is 319 g/mol. The minimum atomic E-state index is -3.56. The molecule has 0 aromatic heterocycles. The number of aryl methyl sites for hydroxylation is 1. The van der Waals surface area contributed by atoms with E-state index in [0.29, 0.717) is 18.9 Å². The van der Waals surface area contributed by atoms with Crippen LogP contribution in [0, 0.1) is 12.8 Å². The molecule has 20 heavy (non-hydrogen) atoms. The van der Waals surface area contributed by atoms with Gasteiger partial charge in [0.25, 0.3) is 0 Å². The van der Waals surface area contributed by atoms with Crippen LogP contribution in [-0.2, 0) is 10.0 Å². The second-order valence-corrected chi connectivity index (χ2v) is 7.88. The number of halogens is 1. The predicted octanol–water partition coefficient (Wildman–Crippen LogP) is 2.64. The highest BCUT2D eigenvalue weighted by molar-refractivity contribution is 7.89. The molecule has 0 saturated carbocycles. The number of hydrogen-bond acceptors (Lipinski definition) is 3. The zero-order valence-corrected chi connectivity index (χ0v) is 14.0. The van der Waals surface area contributed by atoms with E-state index in [2.05, 4.69) is 0 Å². The van der Waals surface area contributed by atoms with Crippen LogP contribution in [0.2, 0.25) is 5.02 Å². The summed E-state index contributed by atoms with van der Waals surface area (Å²) in [5, 5.41) is 0.255. The lowest BCUT2D eigenvalue weighted by Gasteiger charge is -2.21. The molecular weight excluding hydrogens is 296 g/mol. The molecule has 0 radical (unpaired) electrons. The van der Waals surface area contributed by atoms with E-state index in [1.165, 1.54) is 4.31 Å². The van der Waals surface area contributed by atoms with Gasteiger partial charge in [0, 0.05) is 19.6 Å². The molecule has 0 amide bonds. The Morgan fingerprint density at radius 2 is 1.95 bits per heavy atom. The minimum absolute atomic E-state index is 0.0128. The Balaban J connectivity index is 2.87. The van der Waals surface area contributed by atoms with Crippen LogP contribution in [0.15, 0.2) is 23.1 Å². The lowest BCUT2D eigenvalue weighted by Crippen LogP contribution is -2.34. The molecule has 0 bridgehead atoms. The fourth-order valence-electron chi connectivity index (χ4n) is 1.77. The van der Waals surface area contributed by atoms with Gasteiger partial charge in [-0.25, -0.2) is 12.7 Å². The highest BCUT2D eigenvalue weighted by atomic mass is 35.5. The van der Waals surface area contributed by atoms with E-state index in [1.807, 2.05) is 20.8 Å². The molecule has 0 spiro atoms. The third-order valence-corrected chi connectivity index (χ3v) is 5.75. The first-order chi connectivity index (χ1) is 9.16. The van der Waals surface area contributed by atoms with Crippen LogP contribution in [0.1, 0.15) is 25.8 Å². The standard InChI is InChI=1S/C14H23ClN2O2S/c1-10(2)13(16)7-8-17(4)20(18,19)14-6-5-11(3)9-12(14)15/h5-6,9-10,13H,7-8,16H2,1-4H3. The fourth-order valence-corrected chi connectivity index (χ4v) is 3.52. The Labute approximate surface area is 127 Å². The zero-order valence-electron chi connectivity index (χ0n) is 12.4. The van der Waals surface area contributed by atoms with Gasteiger partial charge in [-0.05, 0) is 37.0 Å². The quantitative estimate of drug-likeness (QED) is 0.877. The van der Waals surface area contributed by atoms with Gasteiger partial charge in [-0.3, -0.25) is 0 Å². The number of sulfonamides is 1. The highest BCUT2D eigenvalue weighted by Crippen LogP contribution is 2.25. The molecule has 0 saturated heterocycles. The van der Waals surface area contributed by atoms with E-state index in [0.717, 1.165) is 5.56 Å². The van der Waals surface area contributed by atoms with Crippen LogP contribution in [-0.4, -0.2) is 32.4 Å². The highest BCUT2D eigenvalue weighted by Gasteiger charge is 2.24. The van der Waals surface area contributed by atoms with Crippen molar-refractivity contribution < 1.29 is 8.42 Å². The smallest absolute Gasteiger partial charge is 0.244 e. The Morgan fingerprint density at radius 3 is 2.45 bits per heavy atom. The maximum atomic E-state index is 12.4. The molecule has 0 heterocycles. The van der Waals surface area contributed by atoms with Gasteiger partial charge in [0.2, 0.25) is 10.0 Å². The van der Waals surface area contributed by atoms with Crippen LogP contribution in [0.4, 0.5) is 0 Å². The number of rotatable bonds is 6. The van der Waals surface area contributed by atoms with Gasteiger partial charge in [-0.2, -0.15) is 0 Å². The third-order valence-electron chi connectivity index (χ3n) is 3.41. The Morgan fingerprint density at radius 1 is 1.35 bits per heavy atom. The molecule has 0 aliphatic carbocycles. The third kappa shape index (κ3) is 4.19. The van der Waals surface area contributed by atoms with Crippen molar-refractivity contribution in [1.82, 2.24) is 4.31 Å². The monoisotopic (exact) mass is 318 g/mol. The van der Waals surface area contributed by atoms with E-state index < -0.39 is 10.0 Å². The van der Waals surface area contributed by atoms with E-state index in [4.69, 9.17) is 17.3 Å². The van der Waals surface area contributed by atoms with Crippen molar-refractivity contribution in [3.8, 4) is 0 Å². The van der Waals surface area contributed by atoms with Gasteiger partial charge < -0.3 is 5.73 Å². The summed E-state index contributed by atoms with van der Waals surface area (Å²) in [6.07, 6.45) is 0.622. The van der Waals surface area contributed by atoms with Crippen LogP contribution >= 0.6 is 11.6 Å². The minimum Gasteiger partial charge on any atom is -0.327 e. The largest absolute Gasteiger partial charge is 0.327 e. The summed E-state index contributed by atoms with van der Waals surface area (Å²) in [5.41, 5.74) is 6.88. The van der Waals surface area contributed by atoms with Crippen LogP contribution < -0.4 is 5.73 Å². The van der Waals surface area contributed by atoms with Crippen molar-refractivity contribution in [3.63, 3.8) is 0 Å². The van der Waals surface area contributed by atoms with Gasteiger partial charge in [0.1, 0.15) is 4.90 Å². The van der Waals surface area contributed by atoms with Gasteiger partial charge in [0.05, 0.1) is 5.02 Å². The Kier molecular flexibility index (Phi) is 6.01. The van der Waals surface area contributed by atoms with E-state index >= 15 is 0 Å². The molecule has 0 aliphatic heterocycles. The maximum Gasteiger partial charge on any atom is 0.244 e. The molecule has 1 rings (SSSR count). The number of nitrogens with two attached hydrogens (primary N) is 1. The van der Waals surface area contributed by atoms with Crippen LogP contribution in [0.3, 0.4) is 0 Å².